The zero-order valence-corrected chi connectivity index (χ0v) is 12.2. The van der Waals surface area contributed by atoms with Crippen LogP contribution in [0.3, 0.4) is 0 Å². The van der Waals surface area contributed by atoms with Crippen molar-refractivity contribution in [3.63, 3.8) is 0 Å². The monoisotopic (exact) mass is 286 g/mol. The van der Waals surface area contributed by atoms with Crippen LogP contribution >= 0.6 is 0 Å². The molecule has 21 heavy (non-hydrogen) atoms. The molecule has 2 saturated heterocycles. The minimum atomic E-state index is -0.254. The average Bonchev–Trinajstić information content (AvgIpc) is 2.96. The van der Waals surface area contributed by atoms with Gasteiger partial charge in [0.25, 0.3) is 0 Å². The molecule has 2 fully saturated rings. The van der Waals surface area contributed by atoms with Gasteiger partial charge in [-0.2, -0.15) is 5.26 Å². The van der Waals surface area contributed by atoms with E-state index >= 15 is 0 Å². The van der Waals surface area contributed by atoms with Crippen LogP contribution in [0.2, 0.25) is 0 Å². The quantitative estimate of drug-likeness (QED) is 0.922. The van der Waals surface area contributed by atoms with Crippen molar-refractivity contribution in [3.05, 3.63) is 35.4 Å². The smallest absolute Gasteiger partial charge is 0.0995 e. The molecule has 1 aromatic carbocycles. The molecule has 3 atom stereocenters. The lowest BCUT2D eigenvalue weighted by molar-refractivity contribution is -0.0636. The van der Waals surface area contributed by atoms with E-state index in [9.17, 15) is 10.4 Å². The summed E-state index contributed by atoms with van der Waals surface area (Å²) < 4.78 is 5.57. The summed E-state index contributed by atoms with van der Waals surface area (Å²) in [5.74, 6) is 0.204. The van der Waals surface area contributed by atoms with Crippen molar-refractivity contribution in [2.75, 3.05) is 19.8 Å². The fourth-order valence-corrected chi connectivity index (χ4v) is 3.64. The molecule has 0 aromatic heterocycles. The lowest BCUT2D eigenvalue weighted by Gasteiger charge is -2.37. The van der Waals surface area contributed by atoms with E-state index in [0.29, 0.717) is 19.3 Å². The van der Waals surface area contributed by atoms with Crippen LogP contribution in [0.15, 0.2) is 24.3 Å². The van der Waals surface area contributed by atoms with Crippen LogP contribution in [0.5, 0.6) is 0 Å². The van der Waals surface area contributed by atoms with Gasteiger partial charge in [0.05, 0.1) is 24.3 Å². The molecule has 0 saturated carbocycles. The Hall–Kier alpha value is -1.41. The largest absolute Gasteiger partial charge is 0.393 e. The van der Waals surface area contributed by atoms with E-state index in [1.54, 1.807) is 0 Å². The van der Waals surface area contributed by atoms with E-state index in [1.807, 2.05) is 24.3 Å². The molecule has 1 N–H and O–H groups in total. The van der Waals surface area contributed by atoms with Crippen LogP contribution in [0.1, 0.15) is 30.4 Å². The molecule has 0 unspecified atom stereocenters. The summed E-state index contributed by atoms with van der Waals surface area (Å²) >= 11 is 0. The van der Waals surface area contributed by atoms with Gasteiger partial charge >= 0.3 is 0 Å². The average molecular weight is 286 g/mol. The summed E-state index contributed by atoms with van der Waals surface area (Å²) in [7, 11) is 0. The first-order valence-electron chi connectivity index (χ1n) is 7.77. The number of nitrogens with zero attached hydrogens (tertiary/aromatic N) is 2. The van der Waals surface area contributed by atoms with Gasteiger partial charge in [-0.25, -0.2) is 0 Å². The summed E-state index contributed by atoms with van der Waals surface area (Å²) in [5, 5.41) is 19.5. The van der Waals surface area contributed by atoms with Crippen molar-refractivity contribution in [2.24, 2.45) is 5.92 Å². The summed E-state index contributed by atoms with van der Waals surface area (Å²) in [6, 6.07) is 10.4. The number of rotatable bonds is 3. The molecule has 112 valence electrons. The second-order valence-electron chi connectivity index (χ2n) is 6.04. The normalized spacial score (nSPS) is 30.2. The molecule has 3 rings (SSSR count). The minimum Gasteiger partial charge on any atom is -0.393 e. The topological polar surface area (TPSA) is 56.5 Å². The van der Waals surface area contributed by atoms with Gasteiger partial charge in [-0.3, -0.25) is 4.90 Å². The van der Waals surface area contributed by atoms with Crippen LogP contribution in [-0.4, -0.2) is 41.9 Å². The molecular formula is C17H22N2O2. The van der Waals surface area contributed by atoms with Gasteiger partial charge in [-0.15, -0.1) is 0 Å². The molecule has 1 aromatic rings. The molecule has 2 heterocycles. The summed E-state index contributed by atoms with van der Waals surface area (Å²) in [4.78, 5) is 2.42. The van der Waals surface area contributed by atoms with E-state index < -0.39 is 0 Å². The summed E-state index contributed by atoms with van der Waals surface area (Å²) in [5.41, 5.74) is 1.83. The van der Waals surface area contributed by atoms with E-state index in [1.165, 1.54) is 0 Å². The number of likely N-dealkylation sites (tertiary alicyclic amines) is 1. The van der Waals surface area contributed by atoms with Crippen molar-refractivity contribution < 1.29 is 9.84 Å². The molecule has 4 nitrogen and oxygen atoms in total. The van der Waals surface area contributed by atoms with Gasteiger partial charge in [0, 0.05) is 25.1 Å². The van der Waals surface area contributed by atoms with E-state index in [0.717, 1.165) is 43.5 Å². The maximum absolute atomic E-state index is 10.3. The number of aliphatic hydroxyl groups excluding tert-OH is 1. The van der Waals surface area contributed by atoms with Crippen LogP contribution in [0.25, 0.3) is 0 Å². The highest BCUT2D eigenvalue weighted by Gasteiger charge is 2.37. The Balaban J connectivity index is 1.74. The molecule has 0 amide bonds. The third kappa shape index (κ3) is 3.11. The SMILES string of the molecule is N#Cc1ccccc1CN1CCC[C@@H]1[C@@H]1COCC[C@@H]1O. The molecule has 2 aliphatic heterocycles. The van der Waals surface area contributed by atoms with Crippen molar-refractivity contribution in [1.82, 2.24) is 4.90 Å². The third-order valence-electron chi connectivity index (χ3n) is 4.78. The Labute approximate surface area is 125 Å². The molecule has 0 aliphatic carbocycles. The zero-order chi connectivity index (χ0) is 14.7. The van der Waals surface area contributed by atoms with Gasteiger partial charge in [0.2, 0.25) is 0 Å². The predicted molar refractivity (Wildman–Crippen MR) is 79.5 cm³/mol. The second-order valence-corrected chi connectivity index (χ2v) is 6.04. The van der Waals surface area contributed by atoms with Gasteiger partial charge in [0.15, 0.2) is 0 Å². The predicted octanol–water partition coefficient (Wildman–Crippen LogP) is 1.92. The van der Waals surface area contributed by atoms with Gasteiger partial charge < -0.3 is 9.84 Å². The van der Waals surface area contributed by atoms with Crippen LogP contribution in [0.4, 0.5) is 0 Å². The second kappa shape index (κ2) is 6.57. The van der Waals surface area contributed by atoms with E-state index in [2.05, 4.69) is 11.0 Å². The van der Waals surface area contributed by atoms with Crippen LogP contribution in [0, 0.1) is 17.2 Å². The molecule has 0 bridgehead atoms. The zero-order valence-electron chi connectivity index (χ0n) is 12.2. The van der Waals surface area contributed by atoms with Crippen molar-refractivity contribution in [2.45, 2.75) is 38.0 Å². The van der Waals surface area contributed by atoms with Gasteiger partial charge in [0.1, 0.15) is 0 Å². The first-order valence-corrected chi connectivity index (χ1v) is 7.77. The lowest BCUT2D eigenvalue weighted by atomic mass is 9.89. The number of hydrogen-bond donors (Lipinski definition) is 1. The first-order chi connectivity index (χ1) is 10.3. The lowest BCUT2D eigenvalue weighted by Crippen LogP contribution is -2.45. The standard InChI is InChI=1S/C17H22N2O2/c18-10-13-4-1-2-5-14(13)11-19-8-3-6-16(19)15-12-21-9-7-17(15)20/h1-2,4-5,15-17,20H,3,6-9,11-12H2/t15-,16+,17-/m0/s1. The summed E-state index contributed by atoms with van der Waals surface area (Å²) in [6.45, 7) is 3.15. The highest BCUT2D eigenvalue weighted by Crippen LogP contribution is 2.31. The number of aliphatic hydroxyl groups is 1. The number of hydrogen-bond acceptors (Lipinski definition) is 4. The Morgan fingerprint density at radius 3 is 3.00 bits per heavy atom. The molecule has 0 spiro atoms. The summed E-state index contributed by atoms with van der Waals surface area (Å²) in [6.07, 6.45) is 2.75. The fraction of sp³-hybridized carbons (Fsp3) is 0.588. The van der Waals surface area contributed by atoms with Crippen LogP contribution < -0.4 is 0 Å². The molecule has 4 heteroatoms. The van der Waals surface area contributed by atoms with E-state index in [4.69, 9.17) is 4.74 Å². The Morgan fingerprint density at radius 2 is 2.19 bits per heavy atom. The maximum Gasteiger partial charge on any atom is 0.0995 e. The third-order valence-corrected chi connectivity index (χ3v) is 4.78. The number of ether oxygens (including phenoxy) is 1. The highest BCUT2D eigenvalue weighted by molar-refractivity contribution is 5.37. The van der Waals surface area contributed by atoms with Crippen molar-refractivity contribution in [3.8, 4) is 6.07 Å². The van der Waals surface area contributed by atoms with Crippen molar-refractivity contribution >= 4 is 0 Å². The molecule has 0 radical (unpaired) electrons. The number of nitriles is 1. The first kappa shape index (κ1) is 14.5. The van der Waals surface area contributed by atoms with Crippen LogP contribution in [-0.2, 0) is 11.3 Å². The van der Waals surface area contributed by atoms with E-state index in [-0.39, 0.29) is 12.0 Å². The fourth-order valence-electron chi connectivity index (χ4n) is 3.64. The number of benzene rings is 1. The molecule has 2 aliphatic rings. The Kier molecular flexibility index (Phi) is 4.54. The highest BCUT2D eigenvalue weighted by atomic mass is 16.5. The Morgan fingerprint density at radius 1 is 1.33 bits per heavy atom. The molecular weight excluding hydrogens is 264 g/mol. The minimum absolute atomic E-state index is 0.204. The van der Waals surface area contributed by atoms with Gasteiger partial charge in [-0.05, 0) is 37.4 Å². The Bertz CT molecular complexity index is 526. The van der Waals surface area contributed by atoms with Gasteiger partial charge in [-0.1, -0.05) is 18.2 Å². The maximum atomic E-state index is 10.3. The van der Waals surface area contributed by atoms with Crippen molar-refractivity contribution in [1.29, 1.82) is 5.26 Å².